The maximum atomic E-state index is 12.3. The largest absolute Gasteiger partial charge is 0.444 e. The Labute approximate surface area is 114 Å². The summed E-state index contributed by atoms with van der Waals surface area (Å²) in [4.78, 5) is 30.9. The van der Waals surface area contributed by atoms with Gasteiger partial charge in [0.05, 0.1) is 7.11 Å². The fourth-order valence-corrected chi connectivity index (χ4v) is 2.22. The molecule has 1 heterocycles. The minimum absolute atomic E-state index is 0.238. The van der Waals surface area contributed by atoms with E-state index in [4.69, 9.17) is 9.57 Å². The van der Waals surface area contributed by atoms with Crippen LogP contribution in [0.2, 0.25) is 0 Å². The molecule has 1 fully saturated rings. The number of hydrogen-bond acceptors (Lipinski definition) is 4. The average Bonchev–Trinajstić information content (AvgIpc) is 2.68. The molecule has 0 aromatic heterocycles. The molecule has 1 atom stereocenters. The summed E-state index contributed by atoms with van der Waals surface area (Å²) < 4.78 is 5.36. The maximum Gasteiger partial charge on any atom is 0.411 e. The minimum Gasteiger partial charge on any atom is -0.444 e. The number of carbonyl (C=O) groups excluding carboxylic acids is 2. The van der Waals surface area contributed by atoms with E-state index in [2.05, 4.69) is 0 Å². The molecule has 0 spiro atoms. The Bertz CT molecular complexity index is 364. The summed E-state index contributed by atoms with van der Waals surface area (Å²) in [5, 5.41) is 1.16. The van der Waals surface area contributed by atoms with Crippen molar-refractivity contribution in [1.29, 1.82) is 0 Å². The van der Waals surface area contributed by atoms with Crippen molar-refractivity contribution in [2.45, 2.75) is 51.7 Å². The lowest BCUT2D eigenvalue weighted by molar-refractivity contribution is -0.179. The molecule has 6 heteroatoms. The second-order valence-electron chi connectivity index (χ2n) is 5.99. The van der Waals surface area contributed by atoms with Gasteiger partial charge in [-0.25, -0.2) is 9.86 Å². The fraction of sp³-hybridized carbons (Fsp3) is 0.846. The number of rotatable bonds is 2. The Balaban J connectivity index is 2.89. The van der Waals surface area contributed by atoms with E-state index in [-0.39, 0.29) is 5.91 Å². The van der Waals surface area contributed by atoms with Crippen LogP contribution in [-0.2, 0) is 14.4 Å². The molecular weight excluding hydrogens is 248 g/mol. The van der Waals surface area contributed by atoms with Crippen molar-refractivity contribution in [1.82, 2.24) is 9.96 Å². The van der Waals surface area contributed by atoms with Gasteiger partial charge in [0, 0.05) is 13.6 Å². The van der Waals surface area contributed by atoms with Crippen LogP contribution >= 0.6 is 0 Å². The highest BCUT2D eigenvalue weighted by atomic mass is 16.7. The molecule has 0 bridgehead atoms. The molecule has 110 valence electrons. The second-order valence-corrected chi connectivity index (χ2v) is 5.99. The molecule has 1 aliphatic heterocycles. The number of hydroxylamine groups is 2. The van der Waals surface area contributed by atoms with Gasteiger partial charge in [0.25, 0.3) is 5.91 Å². The van der Waals surface area contributed by atoms with Gasteiger partial charge in [-0.3, -0.25) is 14.5 Å². The predicted octanol–water partition coefficient (Wildman–Crippen LogP) is 1.80. The predicted molar refractivity (Wildman–Crippen MR) is 70.4 cm³/mol. The zero-order chi connectivity index (χ0) is 14.8. The van der Waals surface area contributed by atoms with E-state index in [9.17, 15) is 9.59 Å². The summed E-state index contributed by atoms with van der Waals surface area (Å²) in [5.74, 6) is -0.238. The molecule has 0 N–H and O–H groups in total. The third-order valence-corrected chi connectivity index (χ3v) is 3.28. The Morgan fingerprint density at radius 1 is 1.32 bits per heavy atom. The molecule has 0 radical (unpaired) electrons. The lowest BCUT2D eigenvalue weighted by atomic mass is 9.98. The number of hydrogen-bond donors (Lipinski definition) is 0. The van der Waals surface area contributed by atoms with Crippen LogP contribution in [0, 0.1) is 0 Å². The number of nitrogens with zero attached hydrogens (tertiary/aromatic N) is 2. The Morgan fingerprint density at radius 2 is 1.89 bits per heavy atom. The van der Waals surface area contributed by atoms with Crippen molar-refractivity contribution in [2.75, 3.05) is 20.7 Å². The van der Waals surface area contributed by atoms with Crippen LogP contribution in [0.25, 0.3) is 0 Å². The SMILES string of the molecule is CON(C)C(=O)[C@@]1(C)CCCN1C(=O)OC(C)(C)C. The smallest absolute Gasteiger partial charge is 0.411 e. The van der Waals surface area contributed by atoms with E-state index in [1.165, 1.54) is 12.0 Å². The topological polar surface area (TPSA) is 59.1 Å². The molecule has 2 amide bonds. The summed E-state index contributed by atoms with van der Waals surface area (Å²) in [6.07, 6.45) is 0.933. The van der Waals surface area contributed by atoms with Gasteiger partial charge in [0.1, 0.15) is 11.1 Å². The van der Waals surface area contributed by atoms with Gasteiger partial charge < -0.3 is 4.74 Å². The third-order valence-electron chi connectivity index (χ3n) is 3.28. The maximum absolute atomic E-state index is 12.3. The molecule has 6 nitrogen and oxygen atoms in total. The summed E-state index contributed by atoms with van der Waals surface area (Å²) in [7, 11) is 2.97. The van der Waals surface area contributed by atoms with Gasteiger partial charge in [0.15, 0.2) is 0 Å². The summed E-state index contributed by atoms with van der Waals surface area (Å²) in [6, 6.07) is 0. The van der Waals surface area contributed by atoms with Crippen LogP contribution in [0.15, 0.2) is 0 Å². The van der Waals surface area contributed by atoms with Crippen LogP contribution in [0.5, 0.6) is 0 Å². The van der Waals surface area contributed by atoms with Crippen LogP contribution < -0.4 is 0 Å². The van der Waals surface area contributed by atoms with E-state index in [0.29, 0.717) is 13.0 Å². The molecule has 0 aliphatic carbocycles. The van der Waals surface area contributed by atoms with E-state index in [1.54, 1.807) is 34.7 Å². The van der Waals surface area contributed by atoms with Gasteiger partial charge in [0.2, 0.25) is 0 Å². The normalized spacial score (nSPS) is 23.4. The average molecular weight is 272 g/mol. The van der Waals surface area contributed by atoms with Crippen molar-refractivity contribution in [3.8, 4) is 0 Å². The van der Waals surface area contributed by atoms with Crippen LogP contribution in [0.1, 0.15) is 40.5 Å². The summed E-state index contributed by atoms with van der Waals surface area (Å²) in [6.45, 7) is 7.70. The number of carbonyl (C=O) groups is 2. The first kappa shape index (κ1) is 15.8. The van der Waals surface area contributed by atoms with E-state index < -0.39 is 17.2 Å². The standard InChI is InChI=1S/C13H24N2O4/c1-12(2,3)19-11(17)15-9-7-8-13(15,4)10(16)14(5)18-6/h7-9H2,1-6H3/t13-/m1/s1. The monoisotopic (exact) mass is 272 g/mol. The van der Waals surface area contributed by atoms with Crippen LogP contribution in [0.4, 0.5) is 4.79 Å². The van der Waals surface area contributed by atoms with Gasteiger partial charge in [-0.1, -0.05) is 0 Å². The van der Waals surface area contributed by atoms with Gasteiger partial charge in [-0.05, 0) is 40.5 Å². The summed E-state index contributed by atoms with van der Waals surface area (Å²) >= 11 is 0. The highest BCUT2D eigenvalue weighted by Crippen LogP contribution is 2.32. The molecule has 0 unspecified atom stereocenters. The second kappa shape index (κ2) is 5.36. The zero-order valence-corrected chi connectivity index (χ0v) is 12.6. The van der Waals surface area contributed by atoms with Crippen molar-refractivity contribution in [3.05, 3.63) is 0 Å². The van der Waals surface area contributed by atoms with E-state index >= 15 is 0 Å². The highest BCUT2D eigenvalue weighted by molar-refractivity contribution is 5.89. The van der Waals surface area contributed by atoms with Crippen LogP contribution in [0.3, 0.4) is 0 Å². The number of amides is 2. The number of likely N-dealkylation sites (N-methyl/N-ethyl adjacent to an activating group) is 1. The van der Waals surface area contributed by atoms with Crippen molar-refractivity contribution >= 4 is 12.0 Å². The van der Waals surface area contributed by atoms with Crippen molar-refractivity contribution < 1.29 is 19.2 Å². The lowest BCUT2D eigenvalue weighted by Crippen LogP contribution is -2.56. The Hall–Kier alpha value is -1.30. The Morgan fingerprint density at radius 3 is 2.37 bits per heavy atom. The summed E-state index contributed by atoms with van der Waals surface area (Å²) in [5.41, 5.74) is -1.47. The fourth-order valence-electron chi connectivity index (χ4n) is 2.22. The first-order chi connectivity index (χ1) is 8.62. The molecular formula is C13H24N2O4. The molecule has 1 saturated heterocycles. The molecule has 1 rings (SSSR count). The van der Waals surface area contributed by atoms with Crippen molar-refractivity contribution in [3.63, 3.8) is 0 Å². The minimum atomic E-state index is -0.896. The highest BCUT2D eigenvalue weighted by Gasteiger charge is 2.48. The molecule has 1 aliphatic rings. The zero-order valence-electron chi connectivity index (χ0n) is 12.6. The molecule has 0 aromatic carbocycles. The number of ether oxygens (including phenoxy) is 1. The van der Waals surface area contributed by atoms with E-state index in [1.807, 2.05) is 0 Å². The Kier molecular flexibility index (Phi) is 4.45. The van der Waals surface area contributed by atoms with Gasteiger partial charge >= 0.3 is 6.09 Å². The van der Waals surface area contributed by atoms with Crippen molar-refractivity contribution in [2.24, 2.45) is 0 Å². The third kappa shape index (κ3) is 3.37. The molecule has 0 saturated carbocycles. The van der Waals surface area contributed by atoms with Gasteiger partial charge in [-0.2, -0.15) is 0 Å². The lowest BCUT2D eigenvalue weighted by Gasteiger charge is -2.36. The first-order valence-electron chi connectivity index (χ1n) is 6.45. The molecule has 0 aromatic rings. The van der Waals surface area contributed by atoms with Crippen LogP contribution in [-0.4, -0.2) is 53.8 Å². The quantitative estimate of drug-likeness (QED) is 0.719. The van der Waals surface area contributed by atoms with Gasteiger partial charge in [-0.15, -0.1) is 0 Å². The molecule has 19 heavy (non-hydrogen) atoms. The number of likely N-dealkylation sites (tertiary alicyclic amines) is 1. The first-order valence-corrected chi connectivity index (χ1v) is 6.45. The van der Waals surface area contributed by atoms with E-state index in [0.717, 1.165) is 11.5 Å².